The fraction of sp³-hybridized carbons (Fsp3) is 0.304. The molecule has 0 bridgehead atoms. The van der Waals surface area contributed by atoms with Crippen LogP contribution in [0.5, 0.6) is 5.75 Å². The highest BCUT2D eigenvalue weighted by molar-refractivity contribution is 7.89. The van der Waals surface area contributed by atoms with Gasteiger partial charge in [-0.25, -0.2) is 13.2 Å². The van der Waals surface area contributed by atoms with Crippen LogP contribution >= 0.6 is 11.3 Å². The Labute approximate surface area is 196 Å². The molecule has 1 aliphatic rings. The van der Waals surface area contributed by atoms with Crippen molar-refractivity contribution in [1.29, 1.82) is 0 Å². The minimum absolute atomic E-state index is 0.118. The van der Waals surface area contributed by atoms with Crippen LogP contribution in [0.15, 0.2) is 53.4 Å². The number of carbonyl (C=O) groups excluding carboxylic acids is 2. The Morgan fingerprint density at radius 3 is 2.55 bits per heavy atom. The van der Waals surface area contributed by atoms with E-state index in [9.17, 15) is 18.0 Å². The maximum absolute atomic E-state index is 13.1. The Morgan fingerprint density at radius 2 is 1.85 bits per heavy atom. The van der Waals surface area contributed by atoms with Gasteiger partial charge in [-0.3, -0.25) is 4.79 Å². The minimum Gasteiger partial charge on any atom is -0.497 e. The smallest absolute Gasteiger partial charge is 0.348 e. The first kappa shape index (κ1) is 23.2. The Bertz CT molecular complexity index is 1280. The fourth-order valence-electron chi connectivity index (χ4n) is 3.84. The first-order valence-corrected chi connectivity index (χ1v) is 12.6. The van der Waals surface area contributed by atoms with E-state index in [0.29, 0.717) is 35.7 Å². The molecule has 1 fully saturated rings. The molecule has 8 nitrogen and oxygen atoms in total. The third-order valence-electron chi connectivity index (χ3n) is 5.62. The zero-order chi connectivity index (χ0) is 23.6. The zero-order valence-corrected chi connectivity index (χ0v) is 19.9. The predicted molar refractivity (Wildman–Crippen MR) is 126 cm³/mol. The lowest BCUT2D eigenvalue weighted by Gasteiger charge is -2.31. The van der Waals surface area contributed by atoms with Gasteiger partial charge in [0.25, 0.3) is 0 Å². The summed E-state index contributed by atoms with van der Waals surface area (Å²) in [4.78, 5) is 25.4. The number of fused-ring (bicyclic) bond motifs is 1. The molecule has 10 heteroatoms. The SMILES string of the molecule is COC(=O)c1cc2cc(NC(=O)C3CCCN(S(=O)(=O)c4ccc(OC)cc4)C3)ccc2s1. The predicted octanol–water partition coefficient (Wildman–Crippen LogP) is 3.74. The van der Waals surface area contributed by atoms with Gasteiger partial charge in [0.15, 0.2) is 0 Å². The number of anilines is 1. The molecule has 1 atom stereocenters. The number of sulfonamides is 1. The number of hydrogen-bond acceptors (Lipinski definition) is 7. The van der Waals surface area contributed by atoms with E-state index in [4.69, 9.17) is 9.47 Å². The van der Waals surface area contributed by atoms with Gasteiger partial charge in [0, 0.05) is 23.5 Å². The van der Waals surface area contributed by atoms with E-state index in [-0.39, 0.29) is 17.3 Å². The molecule has 2 aromatic carbocycles. The number of amides is 1. The van der Waals surface area contributed by atoms with Crippen molar-refractivity contribution in [1.82, 2.24) is 4.31 Å². The molecule has 174 valence electrons. The molecule has 1 unspecified atom stereocenters. The molecule has 3 aromatic rings. The van der Waals surface area contributed by atoms with Crippen molar-refractivity contribution < 1.29 is 27.5 Å². The van der Waals surface area contributed by atoms with Crippen LogP contribution < -0.4 is 10.1 Å². The van der Waals surface area contributed by atoms with Crippen LogP contribution in [0.25, 0.3) is 10.1 Å². The van der Waals surface area contributed by atoms with Gasteiger partial charge >= 0.3 is 5.97 Å². The molecule has 0 saturated carbocycles. The van der Waals surface area contributed by atoms with E-state index in [1.807, 2.05) is 6.07 Å². The Morgan fingerprint density at radius 1 is 1.09 bits per heavy atom. The van der Waals surface area contributed by atoms with Crippen molar-refractivity contribution in [2.24, 2.45) is 5.92 Å². The maximum atomic E-state index is 13.1. The van der Waals surface area contributed by atoms with Gasteiger partial charge in [-0.05, 0) is 66.8 Å². The molecular weight excluding hydrogens is 464 g/mol. The van der Waals surface area contributed by atoms with Crippen molar-refractivity contribution in [2.75, 3.05) is 32.6 Å². The Hall–Kier alpha value is -2.95. The molecule has 1 amide bonds. The maximum Gasteiger partial charge on any atom is 0.348 e. The number of piperidine rings is 1. The van der Waals surface area contributed by atoms with Crippen LogP contribution in [0.3, 0.4) is 0 Å². The van der Waals surface area contributed by atoms with E-state index >= 15 is 0 Å². The largest absolute Gasteiger partial charge is 0.497 e. The lowest BCUT2D eigenvalue weighted by molar-refractivity contribution is -0.120. The normalized spacial score (nSPS) is 17.0. The molecule has 0 radical (unpaired) electrons. The zero-order valence-electron chi connectivity index (χ0n) is 18.2. The van der Waals surface area contributed by atoms with Gasteiger partial charge in [-0.2, -0.15) is 4.31 Å². The standard InChI is InChI=1S/C23H24N2O6S2/c1-30-18-6-8-19(9-7-18)33(28,29)25-11-3-4-15(14-25)22(26)24-17-5-10-20-16(12-17)13-21(32-20)23(27)31-2/h5-10,12-13,15H,3-4,11,14H2,1-2H3,(H,24,26). The van der Waals surface area contributed by atoms with E-state index < -0.39 is 21.9 Å². The summed E-state index contributed by atoms with van der Waals surface area (Å²) in [5, 5.41) is 3.72. The molecule has 0 spiro atoms. The van der Waals surface area contributed by atoms with Crippen molar-refractivity contribution in [3.63, 3.8) is 0 Å². The number of nitrogens with one attached hydrogen (secondary N) is 1. The lowest BCUT2D eigenvalue weighted by atomic mass is 9.98. The summed E-state index contributed by atoms with van der Waals surface area (Å²) in [6.45, 7) is 0.489. The van der Waals surface area contributed by atoms with Gasteiger partial charge in [-0.15, -0.1) is 11.3 Å². The van der Waals surface area contributed by atoms with E-state index in [2.05, 4.69) is 5.32 Å². The van der Waals surface area contributed by atoms with Gasteiger partial charge in [0.05, 0.1) is 25.0 Å². The van der Waals surface area contributed by atoms with Crippen LogP contribution in [0.1, 0.15) is 22.5 Å². The first-order chi connectivity index (χ1) is 15.8. The van der Waals surface area contributed by atoms with E-state index in [0.717, 1.165) is 10.1 Å². The highest BCUT2D eigenvalue weighted by atomic mass is 32.2. The number of nitrogens with zero attached hydrogens (tertiary/aromatic N) is 1. The second-order valence-electron chi connectivity index (χ2n) is 7.72. The highest BCUT2D eigenvalue weighted by Crippen LogP contribution is 2.30. The summed E-state index contributed by atoms with van der Waals surface area (Å²) in [6.07, 6.45) is 1.20. The summed E-state index contributed by atoms with van der Waals surface area (Å²) in [6, 6.07) is 13.4. The molecule has 0 aliphatic carbocycles. The quantitative estimate of drug-likeness (QED) is 0.531. The number of hydrogen-bond donors (Lipinski definition) is 1. The number of benzene rings is 2. The fourth-order valence-corrected chi connectivity index (χ4v) is 6.32. The molecule has 1 aliphatic heterocycles. The van der Waals surface area contributed by atoms with Gasteiger partial charge in [-0.1, -0.05) is 0 Å². The van der Waals surface area contributed by atoms with Crippen molar-refractivity contribution in [2.45, 2.75) is 17.7 Å². The molecule has 33 heavy (non-hydrogen) atoms. The molecular formula is C23H24N2O6S2. The number of thiophene rings is 1. The van der Waals surface area contributed by atoms with Gasteiger partial charge in [0.1, 0.15) is 10.6 Å². The molecule has 4 rings (SSSR count). The first-order valence-electron chi connectivity index (χ1n) is 10.4. The second kappa shape index (κ2) is 9.50. The van der Waals surface area contributed by atoms with Crippen LogP contribution in [0, 0.1) is 5.92 Å². The molecule has 2 heterocycles. The van der Waals surface area contributed by atoms with Gasteiger partial charge in [0.2, 0.25) is 15.9 Å². The van der Waals surface area contributed by atoms with Crippen molar-refractivity contribution >= 4 is 49.0 Å². The molecule has 1 saturated heterocycles. The summed E-state index contributed by atoms with van der Waals surface area (Å²) in [5.74, 6) is -0.517. The van der Waals surface area contributed by atoms with Crippen LogP contribution in [-0.4, -0.2) is 51.9 Å². The Kier molecular flexibility index (Phi) is 6.68. The third-order valence-corrected chi connectivity index (χ3v) is 8.60. The van der Waals surface area contributed by atoms with Crippen LogP contribution in [-0.2, 0) is 19.6 Å². The Balaban J connectivity index is 1.46. The number of methoxy groups -OCH3 is 2. The summed E-state index contributed by atoms with van der Waals surface area (Å²) in [5.41, 5.74) is 0.594. The average Bonchev–Trinajstić information content (AvgIpc) is 3.27. The van der Waals surface area contributed by atoms with Gasteiger partial charge < -0.3 is 14.8 Å². The second-order valence-corrected chi connectivity index (χ2v) is 10.7. The number of carbonyl (C=O) groups is 2. The summed E-state index contributed by atoms with van der Waals surface area (Å²) in [7, 11) is -0.854. The number of rotatable bonds is 6. The summed E-state index contributed by atoms with van der Waals surface area (Å²) >= 11 is 1.32. The van der Waals surface area contributed by atoms with E-state index in [1.54, 1.807) is 30.3 Å². The van der Waals surface area contributed by atoms with Crippen molar-refractivity contribution in [3.8, 4) is 5.75 Å². The highest BCUT2D eigenvalue weighted by Gasteiger charge is 2.33. The number of ether oxygens (including phenoxy) is 2. The number of esters is 1. The van der Waals surface area contributed by atoms with Crippen LogP contribution in [0.4, 0.5) is 5.69 Å². The van der Waals surface area contributed by atoms with Crippen LogP contribution in [0.2, 0.25) is 0 Å². The lowest BCUT2D eigenvalue weighted by Crippen LogP contribution is -2.43. The topological polar surface area (TPSA) is 102 Å². The van der Waals surface area contributed by atoms with E-state index in [1.165, 1.54) is 42.0 Å². The monoisotopic (exact) mass is 488 g/mol. The summed E-state index contributed by atoms with van der Waals surface area (Å²) < 4.78 is 38.2. The third kappa shape index (κ3) is 4.87. The average molecular weight is 489 g/mol. The van der Waals surface area contributed by atoms with Crippen molar-refractivity contribution in [3.05, 3.63) is 53.4 Å². The minimum atomic E-state index is -3.71. The molecule has 1 N–H and O–H groups in total. The molecule has 1 aromatic heterocycles.